The highest BCUT2D eigenvalue weighted by atomic mass is 32.2. The molecule has 0 radical (unpaired) electrons. The molecule has 95 heavy (non-hydrogen) atoms. The number of rotatable bonds is 26. The second kappa shape index (κ2) is 32.7. The van der Waals surface area contributed by atoms with Crippen molar-refractivity contribution in [3.63, 3.8) is 0 Å². The third-order valence-corrected chi connectivity index (χ3v) is 16.0. The van der Waals surface area contributed by atoms with E-state index in [2.05, 4.69) is 9.97 Å². The maximum atomic E-state index is 15.0. The number of nitrogens with zero attached hydrogens (tertiary/aromatic N) is 8. The Morgan fingerprint density at radius 3 is 1.56 bits per heavy atom. The van der Waals surface area contributed by atoms with Crippen molar-refractivity contribution in [3.8, 4) is 22.3 Å². The van der Waals surface area contributed by atoms with Gasteiger partial charge < -0.3 is 28.7 Å². The Morgan fingerprint density at radius 1 is 0.547 bits per heavy atom. The molecule has 12 nitrogen and oxygen atoms in total. The normalized spacial score (nSPS) is 20.8. The number of thioether (sulfide) groups is 2. The van der Waals surface area contributed by atoms with Crippen LogP contribution in [0.25, 0.3) is 22.3 Å². The topological polar surface area (TPSA) is 117 Å². The van der Waals surface area contributed by atoms with Gasteiger partial charge in [0.1, 0.15) is 24.6 Å². The Balaban J connectivity index is 0.000000288. The molecule has 2 aliphatic carbocycles. The zero-order chi connectivity index (χ0) is 93.7. The number of carbonyl (C=O) groups excluding carboxylic acids is 2. The third kappa shape index (κ3) is 19.2. The SMILES string of the molecule is [2H]C([2H])(Sc1nc(=O)c2c(n1C([2H])([2H])C(=O)N(CCN(C([2H])([2H])C)C([2H])([2H])C)Cc1ccc(-c3ccc(C(F)(F)F)cc3)cc1)CCC2)c1ccc(F)cc1.[2H]c1c([2H])c(C([2H])([2H])Sc2nc(=O)c3c(n2C([2H])([2H])C(=O)N(CCN(CC)CC)Cc2c([2H])c([2H])c(-c4c([2H])c([2H])c(C(F)(F)F)c([2H])c4[2H])c([2H])c2[2H])C([2H])([2H])C([2H])(C)C3([2H])[2H])c([2H])c([2H])c1F. The number of amides is 2. The molecular weight excluding hydrogens is 1270 g/mol. The summed E-state index contributed by atoms with van der Waals surface area (Å²) < 4.78 is 360. The van der Waals surface area contributed by atoms with Gasteiger partial charge in [0.2, 0.25) is 11.8 Å². The van der Waals surface area contributed by atoms with Crippen molar-refractivity contribution in [3.05, 3.63) is 234 Å². The van der Waals surface area contributed by atoms with E-state index in [0.717, 1.165) is 52.5 Å². The standard InChI is InChI=1S/C37H40F4N4O2S.C36H38F4N4O2S/c1-4-43(5-2)18-19-44(22-26-6-10-28(11-7-26)29-12-14-30(15-13-29)37(39,40)41)34(46)23-45-33-21-25(3)20-32(33)35(47)42-36(45)48-24-27-8-16-31(38)17-9-27;1-3-42(4-2)20-21-43(22-25-8-12-27(13-9-25)28-14-16-29(17-15-28)36(38,39)40)33(45)23-44-32-7-5-6-31(32)34(46)41-35(44)47-24-26-10-18-30(37)19-11-26/h6-17,25H,4-5,18-24H2,1-3H3;8-19H,3-7,20-24H2,1-2H3/i6D,7D,8D,9D,10D,11D,12D,13D,14D,15D,16D,17D,20D2,21D2,23D2,24D2,25D;3D2,4D2,23D2,24D2. The van der Waals surface area contributed by atoms with Crippen molar-refractivity contribution < 1.29 is 84.5 Å². The third-order valence-electron chi connectivity index (χ3n) is 14.5. The molecule has 10 rings (SSSR count). The lowest BCUT2D eigenvalue weighted by molar-refractivity contribution is -0.138. The first-order valence-electron chi connectivity index (χ1n) is 43.6. The van der Waals surface area contributed by atoms with Crippen molar-refractivity contribution >= 4 is 35.3 Å². The van der Waals surface area contributed by atoms with Gasteiger partial charge in [-0.3, -0.25) is 19.2 Å². The number of fused-ring (bicyclic) bond motifs is 2. The fraction of sp³-hybridized carbons (Fsp3) is 0.370. The van der Waals surface area contributed by atoms with Gasteiger partial charge in [-0.1, -0.05) is 155 Å². The predicted octanol–water partition coefficient (Wildman–Crippen LogP) is 14.7. The van der Waals surface area contributed by atoms with Crippen LogP contribution in [0.2, 0.25) is 0 Å². The Kier molecular flexibility index (Phi) is 14.4. The second-order valence-corrected chi connectivity index (χ2v) is 22.3. The largest absolute Gasteiger partial charge is 0.416 e. The number of benzene rings is 6. The molecule has 0 bridgehead atoms. The summed E-state index contributed by atoms with van der Waals surface area (Å²) in [5, 5.41) is -1.73. The maximum absolute atomic E-state index is 15.0. The number of alkyl halides is 6. The fourth-order valence-corrected chi connectivity index (χ4v) is 10.8. The van der Waals surface area contributed by atoms with Gasteiger partial charge in [-0.2, -0.15) is 36.3 Å². The molecule has 22 heteroatoms. The van der Waals surface area contributed by atoms with Crippen LogP contribution in [-0.4, -0.2) is 103 Å². The number of carbonyl (C=O) groups is 2. The molecule has 0 fully saturated rings. The summed E-state index contributed by atoms with van der Waals surface area (Å²) in [5.74, 6) is -8.29. The summed E-state index contributed by atoms with van der Waals surface area (Å²) in [4.78, 5) is 68.4. The Bertz CT molecular complexity index is 5500. The van der Waals surface area contributed by atoms with Crippen LogP contribution in [0.5, 0.6) is 0 Å². The lowest BCUT2D eigenvalue weighted by atomic mass is 10.0. The van der Waals surface area contributed by atoms with Gasteiger partial charge in [-0.25, -0.2) is 8.78 Å². The van der Waals surface area contributed by atoms with Crippen LogP contribution in [0, 0.1) is 17.5 Å². The van der Waals surface area contributed by atoms with E-state index >= 15 is 4.79 Å². The molecule has 6 aromatic carbocycles. The molecule has 2 heterocycles. The minimum Gasteiger partial charge on any atom is -0.336 e. The van der Waals surface area contributed by atoms with Crippen molar-refractivity contribution in [1.82, 2.24) is 38.7 Å². The van der Waals surface area contributed by atoms with E-state index in [-0.39, 0.29) is 72.2 Å². The van der Waals surface area contributed by atoms with Crippen molar-refractivity contribution in [2.45, 2.75) is 127 Å². The first-order valence-corrected chi connectivity index (χ1v) is 30.7. The van der Waals surface area contributed by atoms with E-state index in [9.17, 15) is 55.0 Å². The molecule has 0 aliphatic heterocycles. The van der Waals surface area contributed by atoms with Crippen LogP contribution in [-0.2, 0) is 85.0 Å². The molecule has 1 atom stereocenters. The second-order valence-electron chi connectivity index (χ2n) is 20.7. The highest BCUT2D eigenvalue weighted by Gasteiger charge is 2.33. The van der Waals surface area contributed by atoms with E-state index in [1.807, 2.05) is 0 Å². The molecule has 2 aromatic heterocycles. The van der Waals surface area contributed by atoms with Crippen LogP contribution < -0.4 is 11.1 Å². The molecular formula is C73H78F8N8O4S2. The van der Waals surface area contributed by atoms with E-state index in [1.165, 1.54) is 24.3 Å². The lowest BCUT2D eigenvalue weighted by Gasteiger charge is -2.28. The van der Waals surface area contributed by atoms with Crippen molar-refractivity contribution in [2.75, 3.05) is 52.3 Å². The van der Waals surface area contributed by atoms with Crippen LogP contribution in [0.4, 0.5) is 35.1 Å². The van der Waals surface area contributed by atoms with Gasteiger partial charge in [0.15, 0.2) is 10.3 Å². The number of likely N-dealkylation sites (N-methyl/N-ethyl adjacent to an activating group) is 2. The van der Waals surface area contributed by atoms with Crippen LogP contribution in [0.3, 0.4) is 0 Å². The predicted molar refractivity (Wildman–Crippen MR) is 358 cm³/mol. The van der Waals surface area contributed by atoms with Gasteiger partial charge in [0, 0.05) is 91.0 Å². The Labute approximate surface area is 598 Å². The van der Waals surface area contributed by atoms with Crippen LogP contribution in [0.15, 0.2) is 165 Å². The van der Waals surface area contributed by atoms with E-state index in [0.29, 0.717) is 59.8 Å². The molecule has 8 aromatic rings. The lowest BCUT2D eigenvalue weighted by Crippen LogP contribution is -2.40. The number of halogens is 8. The zero-order valence-corrected chi connectivity index (χ0v) is 52.9. The molecule has 0 N–H and O–H groups in total. The molecule has 2 aliphatic rings. The number of hydrogen-bond acceptors (Lipinski definition) is 10. The van der Waals surface area contributed by atoms with Crippen molar-refractivity contribution in [2.24, 2.45) is 5.89 Å². The summed E-state index contributed by atoms with van der Waals surface area (Å²) in [5.41, 5.74) is -15.6. The summed E-state index contributed by atoms with van der Waals surface area (Å²) >= 11 is -0.00355. The maximum Gasteiger partial charge on any atom is 0.416 e. The van der Waals surface area contributed by atoms with Gasteiger partial charge in [0.05, 0.1) is 33.1 Å². The number of aromatic nitrogens is 4. The average molecular weight is 1380 g/mol. The number of hydrogen-bond donors (Lipinski definition) is 0. The van der Waals surface area contributed by atoms with E-state index < -0.39 is 244 Å². The molecule has 0 saturated carbocycles. The molecule has 2 amide bonds. The quantitative estimate of drug-likeness (QED) is 0.0295. The summed E-state index contributed by atoms with van der Waals surface area (Å²) in [7, 11) is 0. The molecule has 1 unspecified atom stereocenters. The Morgan fingerprint density at radius 2 is 1.02 bits per heavy atom. The highest BCUT2D eigenvalue weighted by molar-refractivity contribution is 7.98. The summed E-state index contributed by atoms with van der Waals surface area (Å²) in [6.45, 7) is -7.18. The van der Waals surface area contributed by atoms with Crippen LogP contribution in [0.1, 0.15) is 137 Å². The van der Waals surface area contributed by atoms with Gasteiger partial charge in [-0.15, -0.1) is 0 Å². The first-order chi connectivity index (χ1) is 56.7. The molecule has 0 saturated heterocycles. The molecule has 0 spiro atoms. The Hall–Kier alpha value is -7.92. The minimum absolute atomic E-state index is 0.00350. The highest BCUT2D eigenvalue weighted by Crippen LogP contribution is 2.35. The van der Waals surface area contributed by atoms with E-state index in [1.54, 1.807) is 43.0 Å². The van der Waals surface area contributed by atoms with Gasteiger partial charge >= 0.3 is 12.4 Å². The summed E-state index contributed by atoms with van der Waals surface area (Å²) in [6, 6.07) is -0.122. The minimum atomic E-state index is -5.38. The van der Waals surface area contributed by atoms with Gasteiger partial charge in [0.25, 0.3) is 11.1 Å². The summed E-state index contributed by atoms with van der Waals surface area (Å²) in [6.07, 6.45) is -15.8. The molecule has 502 valence electrons. The smallest absolute Gasteiger partial charge is 0.336 e. The zero-order valence-electron chi connectivity index (χ0n) is 80.3. The van der Waals surface area contributed by atoms with Crippen LogP contribution >= 0.6 is 23.5 Å². The monoisotopic (exact) mass is 1380 g/mol. The average Bonchev–Trinajstić information content (AvgIpc) is 1.51. The fourth-order valence-electron chi connectivity index (χ4n) is 9.46. The van der Waals surface area contributed by atoms with Crippen molar-refractivity contribution in [1.29, 1.82) is 0 Å². The first kappa shape index (κ1) is 41.9. The van der Waals surface area contributed by atoms with E-state index in [4.69, 9.17) is 34.3 Å². The van der Waals surface area contributed by atoms with Gasteiger partial charge in [-0.05, 0) is 157 Å².